The van der Waals surface area contributed by atoms with Crippen molar-refractivity contribution in [2.75, 3.05) is 7.11 Å². The number of ether oxygens (including phenoxy) is 1. The molecule has 0 saturated heterocycles. The van der Waals surface area contributed by atoms with E-state index in [1.807, 2.05) is 35.0 Å². The lowest BCUT2D eigenvalue weighted by atomic mass is 10.1. The zero-order valence-corrected chi connectivity index (χ0v) is 18.5. The highest BCUT2D eigenvalue weighted by Crippen LogP contribution is 2.40. The molecule has 0 N–H and O–H groups in total. The fourth-order valence-electron chi connectivity index (χ4n) is 3.71. The molecule has 1 aliphatic rings. The molecule has 1 saturated carbocycles. The number of hydrogen-bond acceptors (Lipinski definition) is 5. The van der Waals surface area contributed by atoms with Gasteiger partial charge in [-0.1, -0.05) is 30.0 Å². The number of hydrogen-bond donors (Lipinski definition) is 0. The summed E-state index contributed by atoms with van der Waals surface area (Å²) in [4.78, 5) is 0. The van der Waals surface area contributed by atoms with Crippen LogP contribution in [0, 0.1) is 0 Å². The van der Waals surface area contributed by atoms with Crippen molar-refractivity contribution in [2.24, 2.45) is 0 Å². The number of nitrogens with zero attached hydrogens (tertiary/aromatic N) is 5. The summed E-state index contributed by atoms with van der Waals surface area (Å²) in [6.07, 6.45) is 4.58. The number of benzene rings is 2. The molecule has 158 valence electrons. The largest absolute Gasteiger partial charge is 0.497 e. The minimum Gasteiger partial charge on any atom is -0.497 e. The van der Waals surface area contributed by atoms with Gasteiger partial charge in [-0.2, -0.15) is 5.10 Å². The van der Waals surface area contributed by atoms with Gasteiger partial charge in [0.05, 0.1) is 18.5 Å². The third-order valence-electron chi connectivity index (χ3n) is 5.54. The van der Waals surface area contributed by atoms with Crippen molar-refractivity contribution >= 4 is 11.8 Å². The van der Waals surface area contributed by atoms with E-state index in [-0.39, 0.29) is 0 Å². The van der Waals surface area contributed by atoms with Crippen molar-refractivity contribution in [3.05, 3.63) is 72.2 Å². The molecular formula is C24H25N5OS. The first-order chi connectivity index (χ1) is 15.3. The van der Waals surface area contributed by atoms with Crippen molar-refractivity contribution in [2.45, 2.75) is 43.1 Å². The standard InChI is InChI=1S/C24H25N5OS/c1-3-28-23(18-9-10-18)25-26-24(28)31-16-19-15-29(20-7-5-4-6-8-20)27-22(19)17-11-13-21(30-2)14-12-17/h4-8,11-15,18H,3,9-10,16H2,1-2H3. The summed E-state index contributed by atoms with van der Waals surface area (Å²) >= 11 is 1.73. The summed E-state index contributed by atoms with van der Waals surface area (Å²) in [6.45, 7) is 3.06. The van der Waals surface area contributed by atoms with Crippen LogP contribution in [0.1, 0.15) is 37.1 Å². The molecule has 0 radical (unpaired) electrons. The van der Waals surface area contributed by atoms with Crippen LogP contribution in [0.5, 0.6) is 5.75 Å². The fraction of sp³-hybridized carbons (Fsp3) is 0.292. The van der Waals surface area contributed by atoms with Crippen LogP contribution in [0.25, 0.3) is 16.9 Å². The Bertz CT molecular complexity index is 1160. The third-order valence-corrected chi connectivity index (χ3v) is 6.55. The van der Waals surface area contributed by atoms with E-state index >= 15 is 0 Å². The third kappa shape index (κ3) is 4.10. The monoisotopic (exact) mass is 431 g/mol. The Morgan fingerprint density at radius 3 is 2.48 bits per heavy atom. The Kier molecular flexibility index (Phi) is 5.51. The van der Waals surface area contributed by atoms with E-state index in [1.54, 1.807) is 18.9 Å². The Balaban J connectivity index is 1.47. The summed E-state index contributed by atoms with van der Waals surface area (Å²) in [6, 6.07) is 18.3. The minimum absolute atomic E-state index is 0.595. The van der Waals surface area contributed by atoms with E-state index in [0.717, 1.165) is 51.5 Å². The second-order valence-corrected chi connectivity index (χ2v) is 8.60. The number of para-hydroxylation sites is 1. The van der Waals surface area contributed by atoms with E-state index in [0.29, 0.717) is 5.92 Å². The summed E-state index contributed by atoms with van der Waals surface area (Å²) < 4.78 is 9.53. The summed E-state index contributed by atoms with van der Waals surface area (Å²) in [7, 11) is 1.68. The zero-order chi connectivity index (χ0) is 21.2. The first kappa shape index (κ1) is 19.9. The first-order valence-electron chi connectivity index (χ1n) is 10.6. The van der Waals surface area contributed by atoms with Crippen molar-refractivity contribution in [1.82, 2.24) is 24.5 Å². The molecule has 6 nitrogen and oxygen atoms in total. The highest BCUT2D eigenvalue weighted by Gasteiger charge is 2.30. The van der Waals surface area contributed by atoms with Crippen LogP contribution in [0.4, 0.5) is 0 Å². The van der Waals surface area contributed by atoms with Crippen molar-refractivity contribution < 1.29 is 4.74 Å². The van der Waals surface area contributed by atoms with Gasteiger partial charge in [0.1, 0.15) is 11.6 Å². The maximum atomic E-state index is 5.32. The molecule has 31 heavy (non-hydrogen) atoms. The van der Waals surface area contributed by atoms with Gasteiger partial charge in [0, 0.05) is 35.5 Å². The predicted molar refractivity (Wildman–Crippen MR) is 123 cm³/mol. The smallest absolute Gasteiger partial charge is 0.191 e. The van der Waals surface area contributed by atoms with Gasteiger partial charge in [-0.05, 0) is 56.2 Å². The Morgan fingerprint density at radius 2 is 1.81 bits per heavy atom. The molecule has 2 aromatic carbocycles. The van der Waals surface area contributed by atoms with Crippen LogP contribution in [-0.2, 0) is 12.3 Å². The Labute approximate surface area is 186 Å². The molecule has 5 rings (SSSR count). The van der Waals surface area contributed by atoms with E-state index in [2.05, 4.69) is 52.2 Å². The lowest BCUT2D eigenvalue weighted by molar-refractivity contribution is 0.415. The molecule has 0 unspecified atom stereocenters. The van der Waals surface area contributed by atoms with Gasteiger partial charge in [0.25, 0.3) is 0 Å². The molecule has 0 aliphatic heterocycles. The number of rotatable bonds is 8. The van der Waals surface area contributed by atoms with Gasteiger partial charge in [-0.25, -0.2) is 4.68 Å². The Hall–Kier alpha value is -3.06. The maximum Gasteiger partial charge on any atom is 0.191 e. The van der Waals surface area contributed by atoms with Gasteiger partial charge < -0.3 is 9.30 Å². The lowest BCUT2D eigenvalue weighted by Crippen LogP contribution is -2.02. The predicted octanol–water partition coefficient (Wildman–Crippen LogP) is 5.33. The molecule has 2 heterocycles. The topological polar surface area (TPSA) is 57.8 Å². The van der Waals surface area contributed by atoms with Gasteiger partial charge in [-0.15, -0.1) is 10.2 Å². The molecule has 1 fully saturated rings. The minimum atomic E-state index is 0.595. The van der Waals surface area contributed by atoms with Gasteiger partial charge in [-0.3, -0.25) is 0 Å². The van der Waals surface area contributed by atoms with Gasteiger partial charge >= 0.3 is 0 Å². The average Bonchev–Trinajstić information content (AvgIpc) is 3.45. The highest BCUT2D eigenvalue weighted by molar-refractivity contribution is 7.98. The molecule has 1 aliphatic carbocycles. The molecule has 2 aromatic heterocycles. The normalized spacial score (nSPS) is 13.5. The molecule has 0 bridgehead atoms. The van der Waals surface area contributed by atoms with Crippen LogP contribution in [0.3, 0.4) is 0 Å². The van der Waals surface area contributed by atoms with Crippen LogP contribution in [0.2, 0.25) is 0 Å². The lowest BCUT2D eigenvalue weighted by Gasteiger charge is -2.07. The molecule has 0 amide bonds. The maximum absolute atomic E-state index is 5.32. The molecular weight excluding hydrogens is 406 g/mol. The van der Waals surface area contributed by atoms with E-state index in [1.165, 1.54) is 12.8 Å². The van der Waals surface area contributed by atoms with Crippen LogP contribution < -0.4 is 4.74 Å². The summed E-state index contributed by atoms with van der Waals surface area (Å²) in [5.74, 6) is 3.35. The second-order valence-electron chi connectivity index (χ2n) is 7.66. The Morgan fingerprint density at radius 1 is 1.03 bits per heavy atom. The SMILES string of the molecule is CCn1c(SCc2cn(-c3ccccc3)nc2-c2ccc(OC)cc2)nnc1C1CC1. The van der Waals surface area contributed by atoms with Crippen molar-refractivity contribution in [3.8, 4) is 22.7 Å². The van der Waals surface area contributed by atoms with Gasteiger partial charge in [0.15, 0.2) is 5.16 Å². The summed E-state index contributed by atoms with van der Waals surface area (Å²) in [5, 5.41) is 14.9. The quantitative estimate of drug-likeness (QED) is 0.353. The van der Waals surface area contributed by atoms with E-state index in [4.69, 9.17) is 9.84 Å². The molecule has 0 spiro atoms. The van der Waals surface area contributed by atoms with E-state index in [9.17, 15) is 0 Å². The molecule has 7 heteroatoms. The second kappa shape index (κ2) is 8.59. The first-order valence-corrected chi connectivity index (χ1v) is 11.6. The molecule has 4 aromatic rings. The van der Waals surface area contributed by atoms with Crippen molar-refractivity contribution in [3.63, 3.8) is 0 Å². The van der Waals surface area contributed by atoms with Crippen molar-refractivity contribution in [1.29, 1.82) is 0 Å². The fourth-order valence-corrected chi connectivity index (χ4v) is 4.68. The number of methoxy groups -OCH3 is 1. The zero-order valence-electron chi connectivity index (χ0n) is 17.7. The van der Waals surface area contributed by atoms with Gasteiger partial charge in [0.2, 0.25) is 0 Å². The summed E-state index contributed by atoms with van der Waals surface area (Å²) in [5.41, 5.74) is 4.25. The van der Waals surface area contributed by atoms with E-state index < -0.39 is 0 Å². The number of thioether (sulfide) groups is 1. The average molecular weight is 432 g/mol. The van der Waals surface area contributed by atoms with Crippen LogP contribution >= 0.6 is 11.8 Å². The number of aromatic nitrogens is 5. The highest BCUT2D eigenvalue weighted by atomic mass is 32.2. The van der Waals surface area contributed by atoms with Crippen LogP contribution in [0.15, 0.2) is 66.0 Å². The van der Waals surface area contributed by atoms with Crippen LogP contribution in [-0.4, -0.2) is 31.7 Å². The molecule has 0 atom stereocenters.